The highest BCUT2D eigenvalue weighted by atomic mass is 16.6. The number of carbonyl (C=O) groups is 2. The van der Waals surface area contributed by atoms with E-state index >= 15 is 0 Å². The standard InChI is InChI=1S/C30H36N4O5/c1-16(2)38-28(35)20-14-23-26(25(15-20)37-7)34(21-10-11-21)27(33-23)24-13-19-9-8-18(12-22(19)32-24)17(3)31-29(36)39-30(4,5)6/h8-9,12-17,21,32H,10-11H2,1-7H3,(H,31,36)/t17-/m1/s1. The number of aromatic amines is 1. The van der Waals surface area contributed by atoms with Gasteiger partial charge in [0.05, 0.1) is 36.0 Å². The maximum Gasteiger partial charge on any atom is 0.408 e. The van der Waals surface area contributed by atoms with Crippen LogP contribution in [0.3, 0.4) is 0 Å². The molecule has 1 saturated carbocycles. The third-order valence-corrected chi connectivity index (χ3v) is 6.58. The van der Waals surface area contributed by atoms with Crippen molar-refractivity contribution in [2.75, 3.05) is 7.11 Å². The van der Waals surface area contributed by atoms with Gasteiger partial charge in [0.25, 0.3) is 0 Å². The van der Waals surface area contributed by atoms with Crippen molar-refractivity contribution < 1.29 is 23.8 Å². The van der Waals surface area contributed by atoms with Gasteiger partial charge in [0.2, 0.25) is 0 Å². The SMILES string of the molecule is COc1cc(C(=O)OC(C)C)cc2nc(-c3cc4ccc([C@@H](C)NC(=O)OC(C)(C)C)cc4[nH]3)n(C3CC3)c12. The van der Waals surface area contributed by atoms with E-state index in [9.17, 15) is 9.59 Å². The molecule has 2 aromatic heterocycles. The Bertz CT molecular complexity index is 1560. The van der Waals surface area contributed by atoms with Crippen LogP contribution in [-0.4, -0.2) is 45.4 Å². The Labute approximate surface area is 227 Å². The number of methoxy groups -OCH3 is 1. The van der Waals surface area contributed by atoms with Crippen LogP contribution in [0.25, 0.3) is 33.5 Å². The van der Waals surface area contributed by atoms with Gasteiger partial charge >= 0.3 is 12.1 Å². The number of benzene rings is 2. The number of carbonyl (C=O) groups excluding carboxylic acids is 2. The quantitative estimate of drug-likeness (QED) is 0.257. The third kappa shape index (κ3) is 5.57. The molecule has 0 bridgehead atoms. The number of rotatable bonds is 7. The molecule has 39 heavy (non-hydrogen) atoms. The van der Waals surface area contributed by atoms with E-state index in [1.54, 1.807) is 19.2 Å². The monoisotopic (exact) mass is 532 g/mol. The lowest BCUT2D eigenvalue weighted by Gasteiger charge is -2.22. The van der Waals surface area contributed by atoms with E-state index in [1.807, 2.05) is 59.7 Å². The smallest absolute Gasteiger partial charge is 0.408 e. The van der Waals surface area contributed by atoms with Gasteiger partial charge in [-0.15, -0.1) is 0 Å². The average Bonchev–Trinajstić information content (AvgIpc) is 3.47. The molecule has 0 aliphatic heterocycles. The Morgan fingerprint density at radius 3 is 2.49 bits per heavy atom. The van der Waals surface area contributed by atoms with E-state index in [4.69, 9.17) is 19.2 Å². The Morgan fingerprint density at radius 2 is 1.85 bits per heavy atom. The zero-order chi connectivity index (χ0) is 28.1. The summed E-state index contributed by atoms with van der Waals surface area (Å²) in [4.78, 5) is 33.4. The van der Waals surface area contributed by atoms with Crippen LogP contribution < -0.4 is 10.1 Å². The topological polar surface area (TPSA) is 107 Å². The number of hydrogen-bond donors (Lipinski definition) is 2. The van der Waals surface area contributed by atoms with Crippen molar-refractivity contribution in [2.45, 2.75) is 78.2 Å². The lowest BCUT2D eigenvalue weighted by Crippen LogP contribution is -2.34. The van der Waals surface area contributed by atoms with Crippen LogP contribution in [0.15, 0.2) is 36.4 Å². The molecule has 0 unspecified atom stereocenters. The van der Waals surface area contributed by atoms with Crippen molar-refractivity contribution >= 4 is 34.0 Å². The first-order chi connectivity index (χ1) is 18.4. The number of hydrogen-bond acceptors (Lipinski definition) is 6. The number of ether oxygens (including phenoxy) is 3. The molecule has 1 fully saturated rings. The summed E-state index contributed by atoms with van der Waals surface area (Å²) in [5.74, 6) is 0.979. The Balaban J connectivity index is 1.52. The number of esters is 1. The van der Waals surface area contributed by atoms with Crippen LogP contribution >= 0.6 is 0 Å². The molecule has 0 saturated heterocycles. The highest BCUT2D eigenvalue weighted by molar-refractivity contribution is 5.97. The average molecular weight is 533 g/mol. The van der Waals surface area contributed by atoms with Crippen LogP contribution in [0.1, 0.15) is 82.4 Å². The molecule has 9 nitrogen and oxygen atoms in total. The lowest BCUT2D eigenvalue weighted by molar-refractivity contribution is 0.0376. The minimum Gasteiger partial charge on any atom is -0.494 e. The summed E-state index contributed by atoms with van der Waals surface area (Å²) in [6.45, 7) is 11.1. The number of fused-ring (bicyclic) bond motifs is 2. The van der Waals surface area contributed by atoms with E-state index < -0.39 is 17.7 Å². The lowest BCUT2D eigenvalue weighted by atomic mass is 10.1. The number of alkyl carbamates (subject to hydrolysis) is 1. The minimum absolute atomic E-state index is 0.225. The summed E-state index contributed by atoms with van der Waals surface area (Å²) in [5.41, 5.74) is 4.15. The molecule has 5 rings (SSSR count). The van der Waals surface area contributed by atoms with Gasteiger partial charge in [-0.2, -0.15) is 0 Å². The summed E-state index contributed by atoms with van der Waals surface area (Å²) in [6, 6.07) is 11.7. The first-order valence-corrected chi connectivity index (χ1v) is 13.4. The van der Waals surface area contributed by atoms with Crippen molar-refractivity contribution in [3.63, 3.8) is 0 Å². The molecule has 1 aliphatic rings. The summed E-state index contributed by atoms with van der Waals surface area (Å²) < 4.78 is 18.8. The fraction of sp³-hybridized carbons (Fsp3) is 0.433. The molecular formula is C30H36N4O5. The highest BCUT2D eigenvalue weighted by Gasteiger charge is 2.31. The maximum absolute atomic E-state index is 12.7. The largest absolute Gasteiger partial charge is 0.494 e. The van der Waals surface area contributed by atoms with Crippen LogP contribution in [0.4, 0.5) is 4.79 Å². The summed E-state index contributed by atoms with van der Waals surface area (Å²) in [7, 11) is 1.60. The predicted octanol–water partition coefficient (Wildman–Crippen LogP) is 6.68. The van der Waals surface area contributed by atoms with Crippen LogP contribution in [-0.2, 0) is 9.47 Å². The Hall–Kier alpha value is -4.01. The normalized spacial score (nSPS) is 14.6. The van der Waals surface area contributed by atoms with E-state index in [1.165, 1.54) is 0 Å². The van der Waals surface area contributed by atoms with E-state index in [-0.39, 0.29) is 12.1 Å². The van der Waals surface area contributed by atoms with Gasteiger partial charge in [-0.05, 0) is 84.2 Å². The number of imidazole rings is 1. The summed E-state index contributed by atoms with van der Waals surface area (Å²) in [5, 5.41) is 3.93. The molecule has 2 aromatic carbocycles. The molecule has 1 amide bonds. The fourth-order valence-electron chi connectivity index (χ4n) is 4.73. The highest BCUT2D eigenvalue weighted by Crippen LogP contribution is 2.44. The molecule has 0 radical (unpaired) electrons. The first kappa shape index (κ1) is 26.6. The van der Waals surface area contributed by atoms with Gasteiger partial charge in [0.15, 0.2) is 5.82 Å². The van der Waals surface area contributed by atoms with Crippen LogP contribution in [0.5, 0.6) is 5.75 Å². The fourth-order valence-corrected chi connectivity index (χ4v) is 4.73. The van der Waals surface area contributed by atoms with Gasteiger partial charge in [-0.3, -0.25) is 0 Å². The van der Waals surface area contributed by atoms with E-state index in [0.29, 0.717) is 22.9 Å². The Morgan fingerprint density at radius 1 is 1.10 bits per heavy atom. The summed E-state index contributed by atoms with van der Waals surface area (Å²) in [6.07, 6.45) is 1.43. The van der Waals surface area contributed by atoms with Crippen molar-refractivity contribution in [2.24, 2.45) is 0 Å². The van der Waals surface area contributed by atoms with E-state index in [2.05, 4.69) is 20.9 Å². The third-order valence-electron chi connectivity index (χ3n) is 6.58. The van der Waals surface area contributed by atoms with Gasteiger partial charge in [-0.1, -0.05) is 12.1 Å². The van der Waals surface area contributed by atoms with Crippen molar-refractivity contribution in [1.82, 2.24) is 19.9 Å². The molecule has 1 aliphatic carbocycles. The zero-order valence-electron chi connectivity index (χ0n) is 23.5. The number of aromatic nitrogens is 3. The first-order valence-electron chi connectivity index (χ1n) is 13.4. The second-order valence-corrected chi connectivity index (χ2v) is 11.4. The molecule has 9 heteroatoms. The van der Waals surface area contributed by atoms with Crippen molar-refractivity contribution in [3.8, 4) is 17.3 Å². The van der Waals surface area contributed by atoms with Gasteiger partial charge in [0, 0.05) is 16.9 Å². The molecular weight excluding hydrogens is 496 g/mol. The molecule has 4 aromatic rings. The van der Waals surface area contributed by atoms with Gasteiger partial charge in [0.1, 0.15) is 16.9 Å². The van der Waals surface area contributed by atoms with Crippen LogP contribution in [0.2, 0.25) is 0 Å². The van der Waals surface area contributed by atoms with Crippen molar-refractivity contribution in [1.29, 1.82) is 0 Å². The van der Waals surface area contributed by atoms with Crippen molar-refractivity contribution in [3.05, 3.63) is 47.5 Å². The maximum atomic E-state index is 12.7. The number of nitrogens with zero attached hydrogens (tertiary/aromatic N) is 2. The van der Waals surface area contributed by atoms with Gasteiger partial charge < -0.3 is 29.1 Å². The number of H-pyrrole nitrogens is 1. The second kappa shape index (κ2) is 9.94. The molecule has 2 N–H and O–H groups in total. The Kier molecular flexibility index (Phi) is 6.78. The zero-order valence-corrected chi connectivity index (χ0v) is 23.5. The molecule has 2 heterocycles. The van der Waals surface area contributed by atoms with Crippen LogP contribution in [0, 0.1) is 0 Å². The number of nitrogens with one attached hydrogen (secondary N) is 2. The van der Waals surface area contributed by atoms with Gasteiger partial charge in [-0.25, -0.2) is 14.6 Å². The molecule has 0 spiro atoms. The predicted molar refractivity (Wildman–Crippen MR) is 150 cm³/mol. The number of amides is 1. The summed E-state index contributed by atoms with van der Waals surface area (Å²) >= 11 is 0. The molecule has 206 valence electrons. The van der Waals surface area contributed by atoms with E-state index in [0.717, 1.165) is 46.3 Å². The minimum atomic E-state index is -0.562. The molecule has 1 atom stereocenters. The second-order valence-electron chi connectivity index (χ2n) is 11.4.